The van der Waals surface area contributed by atoms with Crippen LogP contribution in [0.1, 0.15) is 38.3 Å². The monoisotopic (exact) mass is 431 g/mol. The molecule has 4 heterocycles. The van der Waals surface area contributed by atoms with Crippen molar-refractivity contribution < 1.29 is 0 Å². The third-order valence-electron chi connectivity index (χ3n) is 5.84. The molecule has 0 aliphatic carbocycles. The number of fused-ring (bicyclic) bond motifs is 1. The molecule has 1 aromatic carbocycles. The molecular weight excluding hydrogens is 402 g/mol. The summed E-state index contributed by atoms with van der Waals surface area (Å²) in [5.41, 5.74) is 3.79. The zero-order chi connectivity index (χ0) is 21.9. The minimum Gasteiger partial charge on any atom is -0.364 e. The fourth-order valence-electron chi connectivity index (χ4n) is 4.11. The van der Waals surface area contributed by atoms with Crippen molar-refractivity contribution in [1.82, 2.24) is 34.6 Å². The number of piperidine rings is 1. The summed E-state index contributed by atoms with van der Waals surface area (Å²) in [7, 11) is 0. The van der Waals surface area contributed by atoms with Gasteiger partial charge in [0.1, 0.15) is 0 Å². The first-order chi connectivity index (χ1) is 15.7. The van der Waals surface area contributed by atoms with E-state index in [1.54, 1.807) is 6.20 Å². The lowest BCUT2D eigenvalue weighted by atomic mass is 10.1. The molecule has 0 unspecified atom stereocenters. The van der Waals surface area contributed by atoms with Crippen molar-refractivity contribution in [1.29, 1.82) is 0 Å². The fourth-order valence-corrected chi connectivity index (χ4v) is 4.11. The van der Waals surface area contributed by atoms with E-state index >= 15 is 0 Å². The Kier molecular flexibility index (Phi) is 5.72. The van der Waals surface area contributed by atoms with Gasteiger partial charge in [0.25, 0.3) is 0 Å². The Hall–Kier alpha value is -3.46. The van der Waals surface area contributed by atoms with Gasteiger partial charge in [-0.05, 0) is 57.5 Å². The second-order valence-corrected chi connectivity index (χ2v) is 8.42. The first kappa shape index (κ1) is 20.4. The number of hydrogen-bond acceptors (Lipinski definition) is 7. The molecular formula is C23H29N9. The SMILES string of the molecule is CC(C)n1cnc2c(NCc3ccccc3-n3cccn3)nc(NC3CCNCC3)nc21. The Labute approximate surface area is 187 Å². The number of para-hydroxylation sites is 1. The van der Waals surface area contributed by atoms with Gasteiger partial charge in [-0.25, -0.2) is 9.67 Å². The molecule has 5 rings (SSSR count). The number of aromatic nitrogens is 6. The van der Waals surface area contributed by atoms with E-state index in [4.69, 9.17) is 9.97 Å². The van der Waals surface area contributed by atoms with Crippen molar-refractivity contribution in [2.24, 2.45) is 0 Å². The fraction of sp³-hybridized carbons (Fsp3) is 0.391. The van der Waals surface area contributed by atoms with Crippen LogP contribution in [0.3, 0.4) is 0 Å². The van der Waals surface area contributed by atoms with Crippen LogP contribution in [0.15, 0.2) is 49.1 Å². The van der Waals surface area contributed by atoms with Crippen molar-refractivity contribution in [3.05, 3.63) is 54.6 Å². The van der Waals surface area contributed by atoms with Gasteiger partial charge in [-0.3, -0.25) is 0 Å². The normalized spacial score (nSPS) is 14.8. The second-order valence-electron chi connectivity index (χ2n) is 8.42. The maximum absolute atomic E-state index is 4.83. The van der Waals surface area contributed by atoms with Gasteiger partial charge in [0, 0.05) is 31.0 Å². The summed E-state index contributed by atoms with van der Waals surface area (Å²) in [6, 6.07) is 10.8. The van der Waals surface area contributed by atoms with E-state index in [0.29, 0.717) is 18.5 Å². The van der Waals surface area contributed by atoms with E-state index < -0.39 is 0 Å². The highest BCUT2D eigenvalue weighted by Gasteiger charge is 2.18. The number of nitrogens with one attached hydrogen (secondary N) is 3. The summed E-state index contributed by atoms with van der Waals surface area (Å²) >= 11 is 0. The Bertz CT molecular complexity index is 1170. The van der Waals surface area contributed by atoms with Crippen molar-refractivity contribution >= 4 is 22.9 Å². The number of rotatable bonds is 7. The second kappa shape index (κ2) is 8.96. The largest absolute Gasteiger partial charge is 0.364 e. The van der Waals surface area contributed by atoms with Crippen LogP contribution in [0, 0.1) is 0 Å². The van der Waals surface area contributed by atoms with Crippen LogP contribution in [0.5, 0.6) is 0 Å². The molecule has 1 fully saturated rings. The summed E-state index contributed by atoms with van der Waals surface area (Å²) in [6.07, 6.45) is 7.71. The third-order valence-corrected chi connectivity index (χ3v) is 5.84. The average molecular weight is 432 g/mol. The summed E-state index contributed by atoms with van der Waals surface area (Å²) in [4.78, 5) is 14.3. The highest BCUT2D eigenvalue weighted by molar-refractivity contribution is 5.84. The highest BCUT2D eigenvalue weighted by Crippen LogP contribution is 2.25. The Balaban J connectivity index is 1.46. The van der Waals surface area contributed by atoms with E-state index in [0.717, 1.165) is 54.2 Å². The zero-order valence-corrected chi connectivity index (χ0v) is 18.5. The number of hydrogen-bond donors (Lipinski definition) is 3. The zero-order valence-electron chi connectivity index (χ0n) is 18.5. The highest BCUT2D eigenvalue weighted by atomic mass is 15.3. The molecule has 0 spiro atoms. The van der Waals surface area contributed by atoms with Gasteiger partial charge in [0.2, 0.25) is 5.95 Å². The summed E-state index contributed by atoms with van der Waals surface area (Å²) in [6.45, 7) is 6.90. The van der Waals surface area contributed by atoms with E-state index in [9.17, 15) is 0 Å². The summed E-state index contributed by atoms with van der Waals surface area (Å²) in [5, 5.41) is 14.8. The van der Waals surface area contributed by atoms with E-state index in [1.165, 1.54) is 0 Å². The van der Waals surface area contributed by atoms with Gasteiger partial charge < -0.3 is 20.5 Å². The number of anilines is 2. The molecule has 3 N–H and O–H groups in total. The van der Waals surface area contributed by atoms with Crippen LogP contribution in [0.2, 0.25) is 0 Å². The molecule has 0 saturated carbocycles. The quantitative estimate of drug-likeness (QED) is 0.413. The minimum absolute atomic E-state index is 0.259. The van der Waals surface area contributed by atoms with Crippen LogP contribution >= 0.6 is 0 Å². The maximum atomic E-state index is 4.83. The van der Waals surface area contributed by atoms with E-state index in [-0.39, 0.29) is 6.04 Å². The molecule has 0 radical (unpaired) electrons. The van der Waals surface area contributed by atoms with Gasteiger partial charge >= 0.3 is 0 Å². The third kappa shape index (κ3) is 4.16. The lowest BCUT2D eigenvalue weighted by Crippen LogP contribution is -2.35. The predicted octanol–water partition coefficient (Wildman–Crippen LogP) is 3.37. The first-order valence-electron chi connectivity index (χ1n) is 11.2. The van der Waals surface area contributed by atoms with Crippen LogP contribution in [-0.2, 0) is 6.54 Å². The minimum atomic E-state index is 0.259. The molecule has 0 bridgehead atoms. The smallest absolute Gasteiger partial charge is 0.227 e. The predicted molar refractivity (Wildman–Crippen MR) is 126 cm³/mol. The molecule has 3 aromatic heterocycles. The number of benzene rings is 1. The van der Waals surface area contributed by atoms with Crippen molar-refractivity contribution in [3.63, 3.8) is 0 Å². The van der Waals surface area contributed by atoms with Crippen molar-refractivity contribution in [3.8, 4) is 5.69 Å². The number of nitrogens with zero attached hydrogens (tertiary/aromatic N) is 6. The lowest BCUT2D eigenvalue weighted by molar-refractivity contribution is 0.477. The first-order valence-corrected chi connectivity index (χ1v) is 11.2. The standard InChI is InChI=1S/C23H29N9/c1-16(2)31-15-26-20-21(29-23(30-22(20)31)28-18-8-11-24-12-9-18)25-14-17-6-3-4-7-19(17)32-13-5-10-27-32/h3-7,10,13,15-16,18,24H,8-9,11-12,14H2,1-2H3,(H2,25,28,29,30). The van der Waals surface area contributed by atoms with E-state index in [1.807, 2.05) is 35.4 Å². The average Bonchev–Trinajstić information content (AvgIpc) is 3.49. The van der Waals surface area contributed by atoms with Crippen LogP contribution < -0.4 is 16.0 Å². The van der Waals surface area contributed by atoms with Gasteiger partial charge in [-0.15, -0.1) is 0 Å². The van der Waals surface area contributed by atoms with Gasteiger partial charge in [0.15, 0.2) is 17.0 Å². The molecule has 4 aromatic rings. The van der Waals surface area contributed by atoms with Crippen LogP contribution in [0.25, 0.3) is 16.9 Å². The molecule has 9 heteroatoms. The van der Waals surface area contributed by atoms with Gasteiger partial charge in [-0.2, -0.15) is 15.1 Å². The summed E-state index contributed by atoms with van der Waals surface area (Å²) in [5.74, 6) is 1.38. The number of imidazole rings is 1. The lowest BCUT2D eigenvalue weighted by Gasteiger charge is -2.24. The van der Waals surface area contributed by atoms with Crippen molar-refractivity contribution in [2.45, 2.75) is 45.3 Å². The van der Waals surface area contributed by atoms with Gasteiger partial charge in [0.05, 0.1) is 12.0 Å². The Morgan fingerprint density at radius 3 is 2.75 bits per heavy atom. The Morgan fingerprint density at radius 2 is 1.97 bits per heavy atom. The topological polar surface area (TPSA) is 97.5 Å². The summed E-state index contributed by atoms with van der Waals surface area (Å²) < 4.78 is 3.97. The molecule has 166 valence electrons. The molecule has 1 aliphatic heterocycles. The molecule has 0 amide bonds. The van der Waals surface area contributed by atoms with Gasteiger partial charge in [-0.1, -0.05) is 18.2 Å². The van der Waals surface area contributed by atoms with Crippen molar-refractivity contribution in [2.75, 3.05) is 23.7 Å². The van der Waals surface area contributed by atoms with E-state index in [2.05, 4.69) is 56.6 Å². The van der Waals surface area contributed by atoms with Crippen LogP contribution in [0.4, 0.5) is 11.8 Å². The maximum Gasteiger partial charge on any atom is 0.227 e. The Morgan fingerprint density at radius 1 is 1.12 bits per heavy atom. The molecule has 9 nitrogen and oxygen atoms in total. The molecule has 0 atom stereocenters. The molecule has 32 heavy (non-hydrogen) atoms. The van der Waals surface area contributed by atoms with Crippen LogP contribution in [-0.4, -0.2) is 48.4 Å². The molecule has 1 saturated heterocycles. The molecule has 1 aliphatic rings.